The van der Waals surface area contributed by atoms with E-state index in [9.17, 15) is 4.79 Å². The first-order valence-electron chi connectivity index (χ1n) is 8.45. The minimum Gasteiger partial charge on any atom is -0.349 e. The number of likely N-dealkylation sites (tertiary alicyclic amines) is 1. The van der Waals surface area contributed by atoms with Crippen LogP contribution < -0.4 is 5.32 Å². The number of carbonyl (C=O) groups excluding carboxylic acids is 1. The van der Waals surface area contributed by atoms with Gasteiger partial charge in [0.2, 0.25) is 0 Å². The van der Waals surface area contributed by atoms with E-state index in [-0.39, 0.29) is 11.9 Å². The number of aryl methyl sites for hydroxylation is 1. The van der Waals surface area contributed by atoms with Crippen LogP contribution in [-0.4, -0.2) is 29.9 Å². The number of piperidine rings is 1. The number of nitrogens with zero attached hydrogens (tertiary/aromatic N) is 1. The standard InChI is InChI=1S/C20H23IN2O/c1-15-7-8-17(13-19(15)21)20(24)22-18-9-11-23(12-10-18)14-16-5-3-2-4-6-16/h2-8,13,18H,9-12,14H2,1H3,(H,22,24). The van der Waals surface area contributed by atoms with Gasteiger partial charge in [0, 0.05) is 34.8 Å². The van der Waals surface area contributed by atoms with Crippen molar-refractivity contribution in [3.63, 3.8) is 0 Å². The zero-order valence-electron chi connectivity index (χ0n) is 14.0. The second-order valence-electron chi connectivity index (χ2n) is 6.47. The Morgan fingerprint density at radius 2 is 1.88 bits per heavy atom. The Bertz CT molecular complexity index is 694. The minimum atomic E-state index is 0.0504. The third-order valence-corrected chi connectivity index (χ3v) is 5.77. The highest BCUT2D eigenvalue weighted by atomic mass is 127. The molecule has 1 N–H and O–H groups in total. The number of nitrogens with one attached hydrogen (secondary N) is 1. The van der Waals surface area contributed by atoms with Gasteiger partial charge in [0.1, 0.15) is 0 Å². The zero-order valence-corrected chi connectivity index (χ0v) is 16.1. The van der Waals surface area contributed by atoms with Crippen molar-refractivity contribution in [1.82, 2.24) is 10.2 Å². The zero-order chi connectivity index (χ0) is 16.9. The number of amides is 1. The number of rotatable bonds is 4. The summed E-state index contributed by atoms with van der Waals surface area (Å²) in [6.45, 7) is 5.13. The Labute approximate surface area is 157 Å². The number of carbonyl (C=O) groups is 1. The lowest BCUT2D eigenvalue weighted by Gasteiger charge is -2.32. The van der Waals surface area contributed by atoms with Crippen molar-refractivity contribution in [1.29, 1.82) is 0 Å². The molecule has 0 bridgehead atoms. The molecule has 1 amide bonds. The van der Waals surface area contributed by atoms with E-state index in [4.69, 9.17) is 0 Å². The molecule has 0 atom stereocenters. The monoisotopic (exact) mass is 434 g/mol. The lowest BCUT2D eigenvalue weighted by molar-refractivity contribution is 0.0909. The van der Waals surface area contributed by atoms with Gasteiger partial charge in [-0.1, -0.05) is 36.4 Å². The summed E-state index contributed by atoms with van der Waals surface area (Å²) >= 11 is 2.28. The van der Waals surface area contributed by atoms with E-state index in [0.717, 1.165) is 41.6 Å². The fourth-order valence-electron chi connectivity index (χ4n) is 3.08. The smallest absolute Gasteiger partial charge is 0.251 e. The van der Waals surface area contributed by atoms with Crippen molar-refractivity contribution in [2.45, 2.75) is 32.4 Å². The average molecular weight is 434 g/mol. The van der Waals surface area contributed by atoms with Crippen LogP contribution in [0.2, 0.25) is 0 Å². The van der Waals surface area contributed by atoms with Crippen LogP contribution in [0.3, 0.4) is 0 Å². The third-order valence-electron chi connectivity index (χ3n) is 4.61. The highest BCUT2D eigenvalue weighted by molar-refractivity contribution is 14.1. The highest BCUT2D eigenvalue weighted by Gasteiger charge is 2.21. The number of hydrogen-bond donors (Lipinski definition) is 1. The maximum Gasteiger partial charge on any atom is 0.251 e. The van der Waals surface area contributed by atoms with Crippen molar-refractivity contribution in [3.8, 4) is 0 Å². The van der Waals surface area contributed by atoms with Gasteiger partial charge in [0.05, 0.1) is 0 Å². The number of hydrogen-bond acceptors (Lipinski definition) is 2. The van der Waals surface area contributed by atoms with E-state index in [2.05, 4.69) is 70.1 Å². The first-order chi connectivity index (χ1) is 11.6. The molecule has 24 heavy (non-hydrogen) atoms. The Morgan fingerprint density at radius 3 is 2.54 bits per heavy atom. The SMILES string of the molecule is Cc1ccc(C(=O)NC2CCN(Cc3ccccc3)CC2)cc1I. The molecule has 2 aromatic rings. The van der Waals surface area contributed by atoms with Gasteiger partial charge in [-0.15, -0.1) is 0 Å². The minimum absolute atomic E-state index is 0.0504. The largest absolute Gasteiger partial charge is 0.349 e. The van der Waals surface area contributed by atoms with Gasteiger partial charge in [-0.3, -0.25) is 9.69 Å². The van der Waals surface area contributed by atoms with Crippen LogP contribution in [0.4, 0.5) is 0 Å². The van der Waals surface area contributed by atoms with E-state index < -0.39 is 0 Å². The fourth-order valence-corrected chi connectivity index (χ4v) is 3.60. The average Bonchev–Trinajstić information content (AvgIpc) is 2.60. The van der Waals surface area contributed by atoms with E-state index >= 15 is 0 Å². The van der Waals surface area contributed by atoms with E-state index in [0.29, 0.717) is 0 Å². The molecule has 0 spiro atoms. The maximum absolute atomic E-state index is 12.4. The first-order valence-corrected chi connectivity index (χ1v) is 9.53. The lowest BCUT2D eigenvalue weighted by Crippen LogP contribution is -2.44. The molecular formula is C20H23IN2O. The molecule has 1 aliphatic heterocycles. The van der Waals surface area contributed by atoms with Crippen molar-refractivity contribution in [2.24, 2.45) is 0 Å². The summed E-state index contributed by atoms with van der Waals surface area (Å²) in [5.41, 5.74) is 3.33. The Hall–Kier alpha value is -1.40. The van der Waals surface area contributed by atoms with Crippen LogP contribution in [0.15, 0.2) is 48.5 Å². The highest BCUT2D eigenvalue weighted by Crippen LogP contribution is 2.16. The van der Waals surface area contributed by atoms with Gasteiger partial charge in [0.15, 0.2) is 0 Å². The molecule has 0 saturated carbocycles. The summed E-state index contributed by atoms with van der Waals surface area (Å²) in [6.07, 6.45) is 2.03. The Morgan fingerprint density at radius 1 is 1.17 bits per heavy atom. The van der Waals surface area contributed by atoms with E-state index in [1.165, 1.54) is 11.1 Å². The predicted molar refractivity (Wildman–Crippen MR) is 106 cm³/mol. The molecule has 0 aromatic heterocycles. The molecule has 0 aliphatic carbocycles. The maximum atomic E-state index is 12.4. The van der Waals surface area contributed by atoms with Crippen molar-refractivity contribution < 1.29 is 4.79 Å². The first kappa shape index (κ1) is 17.4. The van der Waals surface area contributed by atoms with Crippen LogP contribution >= 0.6 is 22.6 Å². The van der Waals surface area contributed by atoms with Crippen LogP contribution in [0.25, 0.3) is 0 Å². The van der Waals surface area contributed by atoms with E-state index in [1.54, 1.807) is 0 Å². The molecule has 3 nitrogen and oxygen atoms in total. The van der Waals surface area contributed by atoms with Gasteiger partial charge in [0.25, 0.3) is 5.91 Å². The molecular weight excluding hydrogens is 411 g/mol. The van der Waals surface area contributed by atoms with Gasteiger partial charge in [-0.25, -0.2) is 0 Å². The molecule has 3 rings (SSSR count). The lowest BCUT2D eigenvalue weighted by atomic mass is 10.0. The summed E-state index contributed by atoms with van der Waals surface area (Å²) in [5, 5.41) is 3.20. The van der Waals surface area contributed by atoms with Gasteiger partial charge >= 0.3 is 0 Å². The van der Waals surface area contributed by atoms with Crippen molar-refractivity contribution in [2.75, 3.05) is 13.1 Å². The second-order valence-corrected chi connectivity index (χ2v) is 7.64. The summed E-state index contributed by atoms with van der Waals surface area (Å²) in [5.74, 6) is 0.0504. The van der Waals surface area contributed by atoms with Gasteiger partial charge < -0.3 is 5.32 Å². The molecule has 0 radical (unpaired) electrons. The molecule has 126 valence electrons. The van der Waals surface area contributed by atoms with Gasteiger partial charge in [-0.05, 0) is 65.6 Å². The Kier molecular flexibility index (Phi) is 5.89. The topological polar surface area (TPSA) is 32.3 Å². The fraction of sp³-hybridized carbons (Fsp3) is 0.350. The van der Waals surface area contributed by atoms with E-state index in [1.807, 2.05) is 18.2 Å². The van der Waals surface area contributed by atoms with Gasteiger partial charge in [-0.2, -0.15) is 0 Å². The van der Waals surface area contributed by atoms with Crippen LogP contribution in [0.1, 0.15) is 34.3 Å². The number of benzene rings is 2. The van der Waals surface area contributed by atoms with Crippen LogP contribution in [0.5, 0.6) is 0 Å². The molecule has 1 aliphatic rings. The number of halogens is 1. The molecule has 1 heterocycles. The molecule has 1 saturated heterocycles. The second kappa shape index (κ2) is 8.12. The quantitative estimate of drug-likeness (QED) is 0.739. The van der Waals surface area contributed by atoms with Crippen LogP contribution in [0, 0.1) is 10.5 Å². The molecule has 4 heteroatoms. The summed E-state index contributed by atoms with van der Waals surface area (Å²) in [6, 6.07) is 16.8. The normalized spacial score (nSPS) is 16.1. The third kappa shape index (κ3) is 4.57. The molecule has 1 fully saturated rings. The van der Waals surface area contributed by atoms with Crippen LogP contribution in [-0.2, 0) is 6.54 Å². The van der Waals surface area contributed by atoms with Crippen molar-refractivity contribution >= 4 is 28.5 Å². The summed E-state index contributed by atoms with van der Waals surface area (Å²) in [7, 11) is 0. The predicted octanol–water partition coefficient (Wildman–Crippen LogP) is 3.99. The molecule has 0 unspecified atom stereocenters. The Balaban J connectivity index is 1.50. The van der Waals surface area contributed by atoms with Crippen molar-refractivity contribution in [3.05, 3.63) is 68.8 Å². The molecule has 2 aromatic carbocycles. The summed E-state index contributed by atoms with van der Waals surface area (Å²) < 4.78 is 1.14. The summed E-state index contributed by atoms with van der Waals surface area (Å²) in [4.78, 5) is 14.9.